The van der Waals surface area contributed by atoms with Crippen LogP contribution in [0.25, 0.3) is 0 Å². The van der Waals surface area contributed by atoms with E-state index in [4.69, 9.17) is 9.84 Å². The molecule has 5 heteroatoms. The number of nitrogens with zero attached hydrogens (tertiary/aromatic N) is 1. The molecule has 0 aromatic heterocycles. The van der Waals surface area contributed by atoms with Crippen molar-refractivity contribution in [3.63, 3.8) is 0 Å². The third-order valence-corrected chi connectivity index (χ3v) is 2.08. The van der Waals surface area contributed by atoms with Crippen LogP contribution in [-0.2, 0) is 16.1 Å². The van der Waals surface area contributed by atoms with Gasteiger partial charge in [-0.3, -0.25) is 9.69 Å². The number of carboxylic acids is 1. The Morgan fingerprint density at radius 2 is 1.94 bits per heavy atom. The minimum absolute atomic E-state index is 0.0187. The van der Waals surface area contributed by atoms with E-state index in [1.165, 1.54) is 6.07 Å². The van der Waals surface area contributed by atoms with Crippen molar-refractivity contribution in [3.05, 3.63) is 35.4 Å². The standard InChI is InChI=1S/C12H15NO4/c1-13(2)7-11(14)17-8-9-5-3-4-6-10(9)12(15)16/h3-6H,7-8H2,1-2H3,(H,15,16). The SMILES string of the molecule is CN(C)CC(=O)OCc1ccccc1C(=O)O. The van der Waals surface area contributed by atoms with Crippen molar-refractivity contribution in [1.29, 1.82) is 0 Å². The van der Waals surface area contributed by atoms with Gasteiger partial charge in [0.25, 0.3) is 0 Å². The Morgan fingerprint density at radius 1 is 1.29 bits per heavy atom. The third kappa shape index (κ3) is 4.24. The van der Waals surface area contributed by atoms with Crippen LogP contribution < -0.4 is 0 Å². The second kappa shape index (κ2) is 6.00. The number of ether oxygens (including phenoxy) is 1. The summed E-state index contributed by atoms with van der Waals surface area (Å²) in [6.07, 6.45) is 0. The number of carboxylic acid groups (broad SMARTS) is 1. The Bertz CT molecular complexity index is 415. The average Bonchev–Trinajstić information content (AvgIpc) is 2.25. The predicted octanol–water partition coefficient (Wildman–Crippen LogP) is 0.990. The molecule has 0 aliphatic heterocycles. The minimum atomic E-state index is -1.02. The molecular weight excluding hydrogens is 222 g/mol. The van der Waals surface area contributed by atoms with Crippen LogP contribution in [0.1, 0.15) is 15.9 Å². The third-order valence-electron chi connectivity index (χ3n) is 2.08. The summed E-state index contributed by atoms with van der Waals surface area (Å²) in [6.45, 7) is 0.157. The van der Waals surface area contributed by atoms with Crippen molar-refractivity contribution in [3.8, 4) is 0 Å². The molecule has 0 spiro atoms. The van der Waals surface area contributed by atoms with Gasteiger partial charge in [-0.1, -0.05) is 18.2 Å². The highest BCUT2D eigenvalue weighted by atomic mass is 16.5. The number of benzene rings is 1. The van der Waals surface area contributed by atoms with Crippen LogP contribution in [0, 0.1) is 0 Å². The van der Waals surface area contributed by atoms with Crippen LogP contribution in [0.5, 0.6) is 0 Å². The van der Waals surface area contributed by atoms with Crippen molar-refractivity contribution in [1.82, 2.24) is 4.90 Å². The summed E-state index contributed by atoms with van der Waals surface area (Å²) in [7, 11) is 3.51. The highest BCUT2D eigenvalue weighted by Crippen LogP contribution is 2.10. The molecule has 0 bridgehead atoms. The lowest BCUT2D eigenvalue weighted by Crippen LogP contribution is -2.23. The summed E-state index contributed by atoms with van der Waals surface area (Å²) in [6, 6.07) is 6.46. The number of hydrogen-bond acceptors (Lipinski definition) is 4. The minimum Gasteiger partial charge on any atom is -0.478 e. The molecule has 0 aliphatic carbocycles. The van der Waals surface area contributed by atoms with Crippen LogP contribution >= 0.6 is 0 Å². The first-order valence-corrected chi connectivity index (χ1v) is 5.12. The zero-order chi connectivity index (χ0) is 12.8. The number of esters is 1. The summed E-state index contributed by atoms with van der Waals surface area (Å²) in [5.41, 5.74) is 0.650. The highest BCUT2D eigenvalue weighted by Gasteiger charge is 2.11. The number of carbonyl (C=O) groups excluding carboxylic acids is 1. The van der Waals surface area contributed by atoms with Gasteiger partial charge in [0.15, 0.2) is 0 Å². The molecule has 0 radical (unpaired) electrons. The molecule has 1 rings (SSSR count). The number of aromatic carboxylic acids is 1. The van der Waals surface area contributed by atoms with Gasteiger partial charge in [0.2, 0.25) is 0 Å². The Morgan fingerprint density at radius 3 is 2.53 bits per heavy atom. The van der Waals surface area contributed by atoms with Gasteiger partial charge in [-0.05, 0) is 20.2 Å². The van der Waals surface area contributed by atoms with E-state index in [0.717, 1.165) is 0 Å². The number of hydrogen-bond donors (Lipinski definition) is 1. The van der Waals surface area contributed by atoms with Crippen LogP contribution in [-0.4, -0.2) is 42.6 Å². The molecule has 0 fully saturated rings. The smallest absolute Gasteiger partial charge is 0.336 e. The Balaban J connectivity index is 2.63. The van der Waals surface area contributed by atoms with E-state index < -0.39 is 5.97 Å². The number of likely N-dealkylation sites (N-methyl/N-ethyl adjacent to an activating group) is 1. The van der Waals surface area contributed by atoms with Gasteiger partial charge in [0.05, 0.1) is 12.1 Å². The van der Waals surface area contributed by atoms with Crippen molar-refractivity contribution in [2.45, 2.75) is 6.61 Å². The monoisotopic (exact) mass is 237 g/mol. The summed E-state index contributed by atoms with van der Waals surface area (Å²) >= 11 is 0. The van der Waals surface area contributed by atoms with Gasteiger partial charge in [-0.15, -0.1) is 0 Å². The molecule has 0 aliphatic rings. The van der Waals surface area contributed by atoms with Crippen molar-refractivity contribution in [2.75, 3.05) is 20.6 Å². The number of rotatable bonds is 5. The first-order valence-electron chi connectivity index (χ1n) is 5.12. The summed E-state index contributed by atoms with van der Waals surface area (Å²) < 4.78 is 4.99. The molecule has 1 aromatic rings. The lowest BCUT2D eigenvalue weighted by atomic mass is 10.1. The maximum absolute atomic E-state index is 11.3. The van der Waals surface area contributed by atoms with Crippen molar-refractivity contribution < 1.29 is 19.4 Å². The normalized spacial score (nSPS) is 10.3. The van der Waals surface area contributed by atoms with Crippen LogP contribution in [0.4, 0.5) is 0 Å². The second-order valence-electron chi connectivity index (χ2n) is 3.86. The quantitative estimate of drug-likeness (QED) is 0.773. The fraction of sp³-hybridized carbons (Fsp3) is 0.333. The first-order chi connectivity index (χ1) is 8.00. The maximum atomic E-state index is 11.3. The van der Waals surface area contributed by atoms with Gasteiger partial charge in [0, 0.05) is 5.56 Å². The molecule has 0 amide bonds. The zero-order valence-electron chi connectivity index (χ0n) is 9.84. The van der Waals surface area contributed by atoms with E-state index >= 15 is 0 Å². The molecule has 0 heterocycles. The summed E-state index contributed by atoms with van der Waals surface area (Å²) in [5, 5.41) is 8.93. The Labute approximate surface area is 99.6 Å². The molecule has 17 heavy (non-hydrogen) atoms. The van der Waals surface area contributed by atoms with Crippen LogP contribution in [0.2, 0.25) is 0 Å². The van der Waals surface area contributed by atoms with E-state index in [1.54, 1.807) is 37.2 Å². The van der Waals surface area contributed by atoms with Gasteiger partial charge in [0.1, 0.15) is 6.61 Å². The van der Waals surface area contributed by atoms with Gasteiger partial charge < -0.3 is 9.84 Å². The molecular formula is C12H15NO4. The molecule has 0 atom stereocenters. The average molecular weight is 237 g/mol. The van der Waals surface area contributed by atoms with E-state index in [0.29, 0.717) is 5.56 Å². The summed E-state index contributed by atoms with van der Waals surface area (Å²) in [5.74, 6) is -1.40. The van der Waals surface area contributed by atoms with E-state index in [9.17, 15) is 9.59 Å². The second-order valence-corrected chi connectivity index (χ2v) is 3.86. The lowest BCUT2D eigenvalue weighted by Gasteiger charge is -2.10. The molecule has 1 N–H and O–H groups in total. The van der Waals surface area contributed by atoms with E-state index in [1.807, 2.05) is 0 Å². The zero-order valence-corrected chi connectivity index (χ0v) is 9.84. The van der Waals surface area contributed by atoms with Gasteiger partial charge in [-0.2, -0.15) is 0 Å². The Kier molecular flexibility index (Phi) is 4.66. The van der Waals surface area contributed by atoms with Crippen molar-refractivity contribution >= 4 is 11.9 Å². The van der Waals surface area contributed by atoms with Crippen LogP contribution in [0.3, 0.4) is 0 Å². The Hall–Kier alpha value is -1.88. The van der Waals surface area contributed by atoms with E-state index in [2.05, 4.69) is 0 Å². The first kappa shape index (κ1) is 13.2. The molecule has 1 aromatic carbocycles. The maximum Gasteiger partial charge on any atom is 0.336 e. The van der Waals surface area contributed by atoms with Gasteiger partial charge in [-0.25, -0.2) is 4.79 Å². The van der Waals surface area contributed by atoms with Gasteiger partial charge >= 0.3 is 11.9 Å². The molecule has 0 unspecified atom stereocenters. The molecule has 0 saturated heterocycles. The summed E-state index contributed by atoms with van der Waals surface area (Å²) in [4.78, 5) is 23.9. The van der Waals surface area contributed by atoms with Crippen LogP contribution in [0.15, 0.2) is 24.3 Å². The highest BCUT2D eigenvalue weighted by molar-refractivity contribution is 5.89. The fourth-order valence-corrected chi connectivity index (χ4v) is 1.32. The number of carbonyl (C=O) groups is 2. The van der Waals surface area contributed by atoms with E-state index in [-0.39, 0.29) is 24.7 Å². The molecule has 5 nitrogen and oxygen atoms in total. The lowest BCUT2D eigenvalue weighted by molar-refractivity contribution is -0.145. The fourth-order valence-electron chi connectivity index (χ4n) is 1.32. The molecule has 92 valence electrons. The molecule has 0 saturated carbocycles. The topological polar surface area (TPSA) is 66.8 Å². The predicted molar refractivity (Wildman–Crippen MR) is 61.8 cm³/mol. The largest absolute Gasteiger partial charge is 0.478 e. The van der Waals surface area contributed by atoms with Crippen molar-refractivity contribution in [2.24, 2.45) is 0 Å².